The molecule has 0 saturated heterocycles. The van der Waals surface area contributed by atoms with Crippen LogP contribution in [0.3, 0.4) is 0 Å². The van der Waals surface area contributed by atoms with Crippen molar-refractivity contribution in [3.8, 4) is 0 Å². The van der Waals surface area contributed by atoms with Crippen LogP contribution in [0.5, 0.6) is 0 Å². The van der Waals surface area contributed by atoms with Crippen molar-refractivity contribution >= 4 is 38.7 Å². The van der Waals surface area contributed by atoms with Gasteiger partial charge in [0.2, 0.25) is 0 Å². The van der Waals surface area contributed by atoms with E-state index in [1.165, 1.54) is 12.1 Å². The Balaban J connectivity index is 0.00000171. The Labute approximate surface area is 196 Å². The van der Waals surface area contributed by atoms with E-state index < -0.39 is 32.3 Å². The second-order valence-corrected chi connectivity index (χ2v) is 8.09. The Bertz CT molecular complexity index is 1330. The van der Waals surface area contributed by atoms with E-state index in [9.17, 15) is 22.6 Å². The van der Waals surface area contributed by atoms with Gasteiger partial charge in [0.15, 0.2) is 11.6 Å². The zero-order chi connectivity index (χ0) is 20.9. The number of nitrogens with two attached hydrogens (primary N) is 1. The number of nitrogen functional groups attached to an aromatic ring is 1. The zero-order valence-electron chi connectivity index (χ0n) is 17.3. The first-order valence-corrected chi connectivity index (χ1v) is 10.1. The van der Waals surface area contributed by atoms with E-state index in [-0.39, 0.29) is 58.9 Å². The molecular formula is C21H17N2NaO5S. The van der Waals surface area contributed by atoms with Crippen molar-refractivity contribution in [1.29, 1.82) is 0 Å². The molecule has 30 heavy (non-hydrogen) atoms. The molecule has 7 nitrogen and oxygen atoms in total. The SMILES string of the molecule is Cc1ccccc1Nc1cc(S(=O)(=O)O)c(N)c2c1C(=O)c1ccccc1C2=O.[H-].[Na+]. The number of ketones is 2. The first kappa shape index (κ1) is 22.2. The molecule has 0 unspecified atom stereocenters. The minimum atomic E-state index is -4.74. The second-order valence-electron chi connectivity index (χ2n) is 6.70. The van der Waals surface area contributed by atoms with Gasteiger partial charge in [-0.15, -0.1) is 0 Å². The molecule has 3 aromatic carbocycles. The van der Waals surface area contributed by atoms with Crippen molar-refractivity contribution in [2.45, 2.75) is 11.8 Å². The minimum absolute atomic E-state index is 0. The molecule has 0 bridgehead atoms. The van der Waals surface area contributed by atoms with E-state index >= 15 is 0 Å². The van der Waals surface area contributed by atoms with Crippen molar-refractivity contribution in [1.82, 2.24) is 0 Å². The molecule has 4 rings (SSSR count). The van der Waals surface area contributed by atoms with Crippen LogP contribution in [0.1, 0.15) is 38.8 Å². The molecule has 148 valence electrons. The summed E-state index contributed by atoms with van der Waals surface area (Å²) >= 11 is 0. The van der Waals surface area contributed by atoms with Crippen LogP contribution in [0.2, 0.25) is 0 Å². The number of hydrogen-bond acceptors (Lipinski definition) is 6. The van der Waals surface area contributed by atoms with Gasteiger partial charge in [0.25, 0.3) is 10.1 Å². The van der Waals surface area contributed by atoms with Crippen LogP contribution in [0.4, 0.5) is 17.1 Å². The van der Waals surface area contributed by atoms with Crippen LogP contribution in [-0.4, -0.2) is 24.5 Å². The van der Waals surface area contributed by atoms with Gasteiger partial charge in [0, 0.05) is 16.8 Å². The number of rotatable bonds is 3. The molecule has 0 amide bonds. The van der Waals surface area contributed by atoms with Gasteiger partial charge in [-0.3, -0.25) is 14.1 Å². The summed E-state index contributed by atoms with van der Waals surface area (Å²) in [5.74, 6) is -1.04. The molecule has 0 radical (unpaired) electrons. The van der Waals surface area contributed by atoms with E-state index in [2.05, 4.69) is 5.32 Å². The average Bonchev–Trinajstić information content (AvgIpc) is 2.68. The number of hydrogen-bond donors (Lipinski definition) is 3. The predicted molar refractivity (Wildman–Crippen MR) is 110 cm³/mol. The van der Waals surface area contributed by atoms with Gasteiger partial charge in [-0.25, -0.2) is 0 Å². The molecule has 0 heterocycles. The fourth-order valence-corrected chi connectivity index (χ4v) is 4.11. The van der Waals surface area contributed by atoms with E-state index in [0.717, 1.165) is 11.6 Å². The first-order valence-electron chi connectivity index (χ1n) is 8.65. The normalized spacial score (nSPS) is 12.6. The molecule has 0 fully saturated rings. The maximum atomic E-state index is 13.2. The summed E-state index contributed by atoms with van der Waals surface area (Å²) in [4.78, 5) is 25.7. The maximum absolute atomic E-state index is 13.2. The van der Waals surface area contributed by atoms with Crippen molar-refractivity contribution in [2.24, 2.45) is 0 Å². The summed E-state index contributed by atoms with van der Waals surface area (Å²) in [6, 6.07) is 14.5. The Morgan fingerprint density at radius 2 is 1.43 bits per heavy atom. The van der Waals surface area contributed by atoms with Gasteiger partial charge < -0.3 is 12.5 Å². The molecule has 0 aromatic heterocycles. The topological polar surface area (TPSA) is 127 Å². The largest absolute Gasteiger partial charge is 1.00 e. The third kappa shape index (κ3) is 3.57. The van der Waals surface area contributed by atoms with Crippen LogP contribution in [0, 0.1) is 6.92 Å². The average molecular weight is 432 g/mol. The number of carbonyl (C=O) groups excluding carboxylic acids is 2. The van der Waals surface area contributed by atoms with Gasteiger partial charge in [0.1, 0.15) is 4.90 Å². The molecule has 0 spiro atoms. The van der Waals surface area contributed by atoms with Crippen LogP contribution >= 0.6 is 0 Å². The first-order chi connectivity index (χ1) is 13.7. The number of aryl methyl sites for hydroxylation is 1. The Kier molecular flexibility index (Phi) is 5.90. The van der Waals surface area contributed by atoms with Crippen LogP contribution < -0.4 is 40.6 Å². The third-order valence-corrected chi connectivity index (χ3v) is 5.79. The molecule has 0 atom stereocenters. The summed E-state index contributed by atoms with van der Waals surface area (Å²) in [6.07, 6.45) is 0. The zero-order valence-corrected chi connectivity index (χ0v) is 19.1. The van der Waals surface area contributed by atoms with E-state index in [1.54, 1.807) is 24.3 Å². The van der Waals surface area contributed by atoms with Crippen LogP contribution in [-0.2, 0) is 10.1 Å². The van der Waals surface area contributed by atoms with E-state index in [1.807, 2.05) is 19.1 Å². The Morgan fingerprint density at radius 3 is 2.00 bits per heavy atom. The fourth-order valence-electron chi connectivity index (χ4n) is 3.46. The summed E-state index contributed by atoms with van der Waals surface area (Å²) in [7, 11) is -4.74. The Morgan fingerprint density at radius 1 is 0.900 bits per heavy atom. The van der Waals surface area contributed by atoms with Gasteiger partial charge >= 0.3 is 29.6 Å². The standard InChI is InChI=1S/C21H16N2O5S.Na.H/c1-11-6-2-5-9-14(11)23-15-10-16(29(26,27)28)19(22)18-17(15)20(24)12-7-3-4-8-13(12)21(18)25;;/h2-10,23H,22H2,1H3,(H,26,27,28);;/q;+1;-1. The van der Waals surface area contributed by atoms with Crippen molar-refractivity contribution in [2.75, 3.05) is 11.1 Å². The summed E-state index contributed by atoms with van der Waals surface area (Å²) in [5, 5.41) is 3.02. The summed E-state index contributed by atoms with van der Waals surface area (Å²) in [6.45, 7) is 1.83. The molecule has 1 aliphatic rings. The van der Waals surface area contributed by atoms with E-state index in [0.29, 0.717) is 5.69 Å². The predicted octanol–water partition coefficient (Wildman–Crippen LogP) is 0.459. The minimum Gasteiger partial charge on any atom is -1.00 e. The van der Waals surface area contributed by atoms with E-state index in [4.69, 9.17) is 5.73 Å². The molecular weight excluding hydrogens is 415 g/mol. The van der Waals surface area contributed by atoms with Crippen molar-refractivity contribution in [3.63, 3.8) is 0 Å². The number of anilines is 3. The molecule has 4 N–H and O–H groups in total. The van der Waals surface area contributed by atoms with Gasteiger partial charge in [0.05, 0.1) is 22.5 Å². The maximum Gasteiger partial charge on any atom is 1.00 e. The molecule has 1 aliphatic carbocycles. The molecule has 0 aliphatic heterocycles. The number of fused-ring (bicyclic) bond motifs is 2. The smallest absolute Gasteiger partial charge is 1.00 e. The Hall–Kier alpha value is -2.49. The number of carbonyl (C=O) groups is 2. The third-order valence-electron chi connectivity index (χ3n) is 4.89. The van der Waals surface area contributed by atoms with Crippen molar-refractivity contribution < 1.29 is 53.5 Å². The monoisotopic (exact) mass is 432 g/mol. The molecule has 0 saturated carbocycles. The number of para-hydroxylation sites is 1. The fraction of sp³-hybridized carbons (Fsp3) is 0.0476. The van der Waals surface area contributed by atoms with Gasteiger partial charge in [-0.1, -0.05) is 42.5 Å². The summed E-state index contributed by atoms with van der Waals surface area (Å²) in [5.41, 5.74) is 7.09. The number of benzene rings is 3. The summed E-state index contributed by atoms with van der Waals surface area (Å²) < 4.78 is 33.4. The van der Waals surface area contributed by atoms with Gasteiger partial charge in [-0.2, -0.15) is 8.42 Å². The molecule has 3 aromatic rings. The number of nitrogens with one attached hydrogen (secondary N) is 1. The quantitative estimate of drug-likeness (QED) is 0.244. The van der Waals surface area contributed by atoms with Crippen molar-refractivity contribution in [3.05, 3.63) is 82.4 Å². The van der Waals surface area contributed by atoms with Gasteiger partial charge in [-0.05, 0) is 24.6 Å². The molecule has 9 heteroatoms. The second kappa shape index (κ2) is 7.98. The van der Waals surface area contributed by atoms with Crippen LogP contribution in [0.25, 0.3) is 0 Å². The van der Waals surface area contributed by atoms with Crippen LogP contribution in [0.15, 0.2) is 59.5 Å².